The molecule has 14 heavy (non-hydrogen) atoms. The number of nitrogens with zero attached hydrogens (tertiary/aromatic N) is 2. The number of para-hydroxylation sites is 1. The summed E-state index contributed by atoms with van der Waals surface area (Å²) in [5.74, 6) is 0. The average Bonchev–Trinajstić information content (AvgIpc) is 2.42. The van der Waals surface area contributed by atoms with Crippen LogP contribution in [0.2, 0.25) is 0 Å². The van der Waals surface area contributed by atoms with Gasteiger partial charge in [0.15, 0.2) is 0 Å². The molecular formula is C12H10N2. The molecule has 0 N–H and O–H groups in total. The highest BCUT2D eigenvalue weighted by molar-refractivity contribution is 5.71. The predicted molar refractivity (Wildman–Crippen MR) is 57.6 cm³/mol. The molecule has 0 aliphatic carbocycles. The van der Waals surface area contributed by atoms with E-state index in [1.807, 2.05) is 53.6 Å². The molecule has 0 saturated carbocycles. The molecule has 2 rings (SSSR count). The monoisotopic (exact) mass is 182 g/mol. The van der Waals surface area contributed by atoms with E-state index in [2.05, 4.69) is 6.07 Å². The Morgan fingerprint density at radius 1 is 1.21 bits per heavy atom. The Bertz CT molecular complexity index is 424. The number of hydrogen-bond donors (Lipinski definition) is 0. The molecule has 0 saturated heterocycles. The molecule has 0 fully saturated rings. The van der Waals surface area contributed by atoms with E-state index in [-0.39, 0.29) is 0 Å². The van der Waals surface area contributed by atoms with Crippen LogP contribution in [0.5, 0.6) is 0 Å². The summed E-state index contributed by atoms with van der Waals surface area (Å²) in [5, 5.41) is 8.69. The minimum atomic E-state index is 0.384. The van der Waals surface area contributed by atoms with E-state index in [9.17, 15) is 0 Å². The zero-order valence-corrected chi connectivity index (χ0v) is 7.72. The quantitative estimate of drug-likeness (QED) is 0.624. The van der Waals surface area contributed by atoms with Gasteiger partial charge in [-0.3, -0.25) is 0 Å². The molecule has 0 unspecified atom stereocenters. The van der Waals surface area contributed by atoms with Gasteiger partial charge in [0.1, 0.15) is 6.54 Å². The van der Waals surface area contributed by atoms with Gasteiger partial charge in [-0.05, 0) is 17.7 Å². The number of benzene rings is 1. The second-order valence-corrected chi connectivity index (χ2v) is 3.05. The van der Waals surface area contributed by atoms with Crippen molar-refractivity contribution in [3.8, 4) is 6.07 Å². The van der Waals surface area contributed by atoms with Gasteiger partial charge in [0.2, 0.25) is 0 Å². The van der Waals surface area contributed by atoms with Gasteiger partial charge in [0.05, 0.1) is 6.07 Å². The van der Waals surface area contributed by atoms with Crippen molar-refractivity contribution in [3.63, 3.8) is 0 Å². The van der Waals surface area contributed by atoms with Crippen molar-refractivity contribution in [1.82, 2.24) is 0 Å². The van der Waals surface area contributed by atoms with E-state index in [1.165, 1.54) is 0 Å². The van der Waals surface area contributed by atoms with Crippen LogP contribution in [0.15, 0.2) is 42.6 Å². The molecule has 0 radical (unpaired) electrons. The first-order valence-corrected chi connectivity index (χ1v) is 4.49. The van der Waals surface area contributed by atoms with Crippen LogP contribution in [0.3, 0.4) is 0 Å². The summed E-state index contributed by atoms with van der Waals surface area (Å²) >= 11 is 0. The van der Waals surface area contributed by atoms with Gasteiger partial charge in [-0.2, -0.15) is 5.26 Å². The van der Waals surface area contributed by atoms with Crippen LogP contribution in [-0.2, 0) is 0 Å². The second-order valence-electron chi connectivity index (χ2n) is 3.05. The lowest BCUT2D eigenvalue weighted by molar-refractivity contribution is 1.09. The van der Waals surface area contributed by atoms with Crippen molar-refractivity contribution in [2.45, 2.75) is 0 Å². The number of nitriles is 1. The van der Waals surface area contributed by atoms with Crippen molar-refractivity contribution in [2.24, 2.45) is 0 Å². The van der Waals surface area contributed by atoms with Crippen LogP contribution in [0.25, 0.3) is 6.08 Å². The first kappa shape index (κ1) is 8.58. The van der Waals surface area contributed by atoms with Crippen LogP contribution in [-0.4, -0.2) is 6.54 Å². The Hall–Kier alpha value is -2.01. The average molecular weight is 182 g/mol. The van der Waals surface area contributed by atoms with Crippen LogP contribution >= 0.6 is 0 Å². The molecule has 0 atom stereocenters. The number of fused-ring (bicyclic) bond motifs is 1. The van der Waals surface area contributed by atoms with E-state index in [0.717, 1.165) is 11.3 Å². The van der Waals surface area contributed by atoms with Gasteiger partial charge in [-0.15, -0.1) is 0 Å². The van der Waals surface area contributed by atoms with Gasteiger partial charge in [-0.25, -0.2) is 0 Å². The predicted octanol–water partition coefficient (Wildman–Crippen LogP) is 2.56. The smallest absolute Gasteiger partial charge is 0.110 e. The van der Waals surface area contributed by atoms with Gasteiger partial charge in [0, 0.05) is 11.9 Å². The summed E-state index contributed by atoms with van der Waals surface area (Å²) in [6.07, 6.45) is 7.89. The molecule has 0 amide bonds. The SMILES string of the molecule is N#CCN1C=CC=Cc2ccccc21. The lowest BCUT2D eigenvalue weighted by Gasteiger charge is -2.17. The first-order valence-electron chi connectivity index (χ1n) is 4.49. The summed E-state index contributed by atoms with van der Waals surface area (Å²) in [6.45, 7) is 0.384. The van der Waals surface area contributed by atoms with Crippen molar-refractivity contribution in [1.29, 1.82) is 5.26 Å². The lowest BCUT2D eigenvalue weighted by atomic mass is 10.1. The maximum atomic E-state index is 8.69. The van der Waals surface area contributed by atoms with Crippen molar-refractivity contribution in [2.75, 3.05) is 11.4 Å². The normalized spacial score (nSPS) is 13.2. The van der Waals surface area contributed by atoms with Gasteiger partial charge < -0.3 is 4.90 Å². The van der Waals surface area contributed by atoms with Crippen molar-refractivity contribution >= 4 is 11.8 Å². The topological polar surface area (TPSA) is 27.0 Å². The Balaban J connectivity index is 2.45. The molecule has 68 valence electrons. The summed E-state index contributed by atoms with van der Waals surface area (Å²) < 4.78 is 0. The molecule has 1 aromatic carbocycles. The Morgan fingerprint density at radius 3 is 2.93 bits per heavy atom. The van der Waals surface area contributed by atoms with E-state index in [1.54, 1.807) is 0 Å². The summed E-state index contributed by atoms with van der Waals surface area (Å²) in [7, 11) is 0. The zero-order chi connectivity index (χ0) is 9.80. The van der Waals surface area contributed by atoms with Crippen LogP contribution in [0, 0.1) is 11.3 Å². The first-order chi connectivity index (χ1) is 6.92. The Kier molecular flexibility index (Phi) is 2.33. The minimum Gasteiger partial charge on any atom is -0.334 e. The van der Waals surface area contributed by atoms with E-state index in [4.69, 9.17) is 5.26 Å². The number of hydrogen-bond acceptors (Lipinski definition) is 2. The van der Waals surface area contributed by atoms with E-state index >= 15 is 0 Å². The minimum absolute atomic E-state index is 0.384. The van der Waals surface area contributed by atoms with Crippen LogP contribution in [0.4, 0.5) is 5.69 Å². The Labute approximate surface area is 83.4 Å². The highest BCUT2D eigenvalue weighted by Gasteiger charge is 2.07. The third-order valence-electron chi connectivity index (χ3n) is 2.14. The molecule has 0 aromatic heterocycles. The molecule has 2 heteroatoms. The fraction of sp³-hybridized carbons (Fsp3) is 0.0833. The molecule has 0 spiro atoms. The highest BCUT2D eigenvalue weighted by atomic mass is 15.1. The Morgan fingerprint density at radius 2 is 2.07 bits per heavy atom. The van der Waals surface area contributed by atoms with Crippen LogP contribution < -0.4 is 4.90 Å². The summed E-state index contributed by atoms with van der Waals surface area (Å²) in [5.41, 5.74) is 2.23. The number of anilines is 1. The van der Waals surface area contributed by atoms with Crippen molar-refractivity contribution < 1.29 is 0 Å². The maximum Gasteiger partial charge on any atom is 0.110 e. The third kappa shape index (κ3) is 1.53. The van der Waals surface area contributed by atoms with E-state index in [0.29, 0.717) is 6.54 Å². The zero-order valence-electron chi connectivity index (χ0n) is 7.72. The van der Waals surface area contributed by atoms with Crippen molar-refractivity contribution in [3.05, 3.63) is 48.2 Å². The standard InChI is InChI=1S/C12H10N2/c13-8-10-14-9-4-3-6-11-5-1-2-7-12(11)14/h1-7,9H,10H2. The summed E-state index contributed by atoms with van der Waals surface area (Å²) in [6, 6.07) is 10.2. The van der Waals surface area contributed by atoms with Gasteiger partial charge >= 0.3 is 0 Å². The maximum absolute atomic E-state index is 8.69. The second kappa shape index (κ2) is 3.80. The molecule has 1 aliphatic rings. The van der Waals surface area contributed by atoms with Gasteiger partial charge in [0.25, 0.3) is 0 Å². The van der Waals surface area contributed by atoms with E-state index < -0.39 is 0 Å². The van der Waals surface area contributed by atoms with Gasteiger partial charge in [-0.1, -0.05) is 30.4 Å². The molecule has 0 bridgehead atoms. The number of rotatable bonds is 1. The highest BCUT2D eigenvalue weighted by Crippen LogP contribution is 2.23. The molecule has 2 nitrogen and oxygen atoms in total. The molecule has 1 aromatic rings. The molecular weight excluding hydrogens is 172 g/mol. The number of allylic oxidation sites excluding steroid dienone is 2. The summed E-state index contributed by atoms with van der Waals surface area (Å²) in [4.78, 5) is 1.94. The fourth-order valence-corrected chi connectivity index (χ4v) is 1.50. The van der Waals surface area contributed by atoms with Crippen LogP contribution in [0.1, 0.15) is 5.56 Å². The third-order valence-corrected chi connectivity index (χ3v) is 2.14. The largest absolute Gasteiger partial charge is 0.334 e. The molecule has 1 heterocycles. The lowest BCUT2D eigenvalue weighted by Crippen LogP contribution is -2.16. The fourth-order valence-electron chi connectivity index (χ4n) is 1.50. The molecule has 1 aliphatic heterocycles.